The molecule has 0 radical (unpaired) electrons. The largest absolute Gasteiger partial charge is 0.469 e. The number of carbonyl (C=O) groups is 1. The van der Waals surface area contributed by atoms with Gasteiger partial charge in [0.1, 0.15) is 18.3 Å². The molecular formula is C11H23O10P. The maximum Gasteiger partial charge on any atom is 0.469 e. The molecule has 0 amide bonds. The van der Waals surface area contributed by atoms with Gasteiger partial charge in [-0.05, 0) is 13.3 Å². The molecule has 6 N–H and O–H groups in total. The molecule has 0 aromatic rings. The Bertz CT molecular complexity index is 383. The zero-order valence-corrected chi connectivity index (χ0v) is 13.2. The van der Waals surface area contributed by atoms with Crippen LogP contribution in [0.15, 0.2) is 0 Å². The summed E-state index contributed by atoms with van der Waals surface area (Å²) in [5.74, 6) is -1.18. The SMILES string of the molecule is CCCC(C)OC(=O)[C@H](O)[C@@H](O)[C@H](O)[C@H](O)COP(=O)(O)O. The molecule has 0 fully saturated rings. The highest BCUT2D eigenvalue weighted by atomic mass is 31.2. The number of aliphatic hydroxyl groups is 4. The third-order valence-electron chi connectivity index (χ3n) is 2.74. The number of hydrogen-bond acceptors (Lipinski definition) is 8. The van der Waals surface area contributed by atoms with E-state index in [-0.39, 0.29) is 0 Å². The van der Waals surface area contributed by atoms with Crippen molar-refractivity contribution in [3.8, 4) is 0 Å². The minimum absolute atomic E-state index is 0.501. The fraction of sp³-hybridized carbons (Fsp3) is 0.909. The molecular weight excluding hydrogens is 323 g/mol. The molecule has 5 atom stereocenters. The van der Waals surface area contributed by atoms with Crippen molar-refractivity contribution in [2.45, 2.75) is 57.2 Å². The smallest absolute Gasteiger partial charge is 0.461 e. The molecule has 0 saturated heterocycles. The molecule has 10 nitrogen and oxygen atoms in total. The molecule has 0 aliphatic rings. The van der Waals surface area contributed by atoms with Crippen molar-refractivity contribution in [2.24, 2.45) is 0 Å². The van der Waals surface area contributed by atoms with Crippen LogP contribution < -0.4 is 0 Å². The van der Waals surface area contributed by atoms with Crippen LogP contribution in [-0.2, 0) is 18.6 Å². The van der Waals surface area contributed by atoms with Gasteiger partial charge in [0.15, 0.2) is 6.10 Å². The van der Waals surface area contributed by atoms with Gasteiger partial charge in [0, 0.05) is 0 Å². The van der Waals surface area contributed by atoms with Crippen molar-refractivity contribution in [1.82, 2.24) is 0 Å². The lowest BCUT2D eigenvalue weighted by Crippen LogP contribution is -2.49. The first-order chi connectivity index (χ1) is 9.99. The standard InChI is InChI=1S/C11H23O10P/c1-3-4-6(2)21-11(16)10(15)9(14)8(13)7(12)5-20-22(17,18)19/h6-10,12-15H,3-5H2,1-2H3,(H2,17,18,19)/t6?,7-,8-,9+,10-/m1/s1. The summed E-state index contributed by atoms with van der Waals surface area (Å²) in [7, 11) is -4.87. The summed E-state index contributed by atoms with van der Waals surface area (Å²) in [5, 5.41) is 38.1. The van der Waals surface area contributed by atoms with Crippen LogP contribution in [0.25, 0.3) is 0 Å². The number of rotatable bonds is 10. The first kappa shape index (κ1) is 21.4. The van der Waals surface area contributed by atoms with Gasteiger partial charge in [0.25, 0.3) is 0 Å². The van der Waals surface area contributed by atoms with Crippen LogP contribution in [0.1, 0.15) is 26.7 Å². The molecule has 0 aromatic carbocycles. The number of ether oxygens (including phenoxy) is 1. The predicted molar refractivity (Wildman–Crippen MR) is 72.5 cm³/mol. The topological polar surface area (TPSA) is 174 Å². The minimum atomic E-state index is -4.87. The Labute approximate surface area is 127 Å². The van der Waals surface area contributed by atoms with E-state index in [0.717, 1.165) is 6.42 Å². The molecule has 0 aliphatic carbocycles. The number of phosphoric ester groups is 1. The molecule has 132 valence electrons. The molecule has 11 heteroatoms. The van der Waals surface area contributed by atoms with Gasteiger partial charge in [-0.3, -0.25) is 4.52 Å². The van der Waals surface area contributed by atoms with Gasteiger partial charge in [-0.15, -0.1) is 0 Å². The summed E-state index contributed by atoms with van der Waals surface area (Å²) in [4.78, 5) is 28.4. The van der Waals surface area contributed by atoms with Crippen LogP contribution in [0, 0.1) is 0 Å². The number of aliphatic hydroxyl groups excluding tert-OH is 4. The van der Waals surface area contributed by atoms with Crippen LogP contribution in [0.5, 0.6) is 0 Å². The first-order valence-corrected chi connectivity index (χ1v) is 8.15. The van der Waals surface area contributed by atoms with E-state index in [1.807, 2.05) is 6.92 Å². The Kier molecular flexibility index (Phi) is 9.28. The van der Waals surface area contributed by atoms with Gasteiger partial charge >= 0.3 is 13.8 Å². The Morgan fingerprint density at radius 2 is 1.68 bits per heavy atom. The predicted octanol–water partition coefficient (Wildman–Crippen LogP) is -1.73. The second kappa shape index (κ2) is 9.53. The molecule has 0 aromatic heterocycles. The maximum atomic E-state index is 11.5. The highest BCUT2D eigenvalue weighted by Crippen LogP contribution is 2.35. The molecule has 1 unspecified atom stereocenters. The van der Waals surface area contributed by atoms with Crippen molar-refractivity contribution in [3.05, 3.63) is 0 Å². The van der Waals surface area contributed by atoms with Gasteiger partial charge in [0.05, 0.1) is 12.7 Å². The zero-order valence-electron chi connectivity index (χ0n) is 12.3. The lowest BCUT2D eigenvalue weighted by atomic mass is 10.0. The second-order valence-electron chi connectivity index (χ2n) is 4.82. The highest BCUT2D eigenvalue weighted by molar-refractivity contribution is 7.46. The molecule has 0 bridgehead atoms. The molecule has 22 heavy (non-hydrogen) atoms. The van der Waals surface area contributed by atoms with Crippen LogP contribution >= 0.6 is 7.82 Å². The van der Waals surface area contributed by atoms with Crippen molar-refractivity contribution in [3.63, 3.8) is 0 Å². The normalized spacial score (nSPS) is 19.1. The summed E-state index contributed by atoms with van der Waals surface area (Å²) in [6, 6.07) is 0. The Morgan fingerprint density at radius 1 is 1.14 bits per heavy atom. The van der Waals surface area contributed by atoms with E-state index in [0.29, 0.717) is 6.42 Å². The molecule has 0 rings (SSSR count). The van der Waals surface area contributed by atoms with Gasteiger partial charge in [-0.25, -0.2) is 9.36 Å². The minimum Gasteiger partial charge on any atom is -0.461 e. The molecule has 0 saturated carbocycles. The number of phosphoric acid groups is 1. The van der Waals surface area contributed by atoms with E-state index in [1.54, 1.807) is 6.92 Å². The van der Waals surface area contributed by atoms with Crippen LogP contribution in [0.2, 0.25) is 0 Å². The molecule has 0 spiro atoms. The van der Waals surface area contributed by atoms with Crippen molar-refractivity contribution < 1.29 is 48.8 Å². The van der Waals surface area contributed by atoms with E-state index in [2.05, 4.69) is 4.52 Å². The summed E-state index contributed by atoms with van der Waals surface area (Å²) in [6.45, 7) is 2.44. The highest BCUT2D eigenvalue weighted by Gasteiger charge is 2.36. The number of hydrogen-bond donors (Lipinski definition) is 6. The quantitative estimate of drug-likeness (QED) is 0.197. The fourth-order valence-electron chi connectivity index (χ4n) is 1.56. The fourth-order valence-corrected chi connectivity index (χ4v) is 1.91. The lowest BCUT2D eigenvalue weighted by molar-refractivity contribution is -0.174. The first-order valence-electron chi connectivity index (χ1n) is 6.62. The number of esters is 1. The van der Waals surface area contributed by atoms with E-state index in [9.17, 15) is 29.8 Å². The third kappa shape index (κ3) is 8.16. The van der Waals surface area contributed by atoms with Crippen LogP contribution in [0.4, 0.5) is 0 Å². The van der Waals surface area contributed by atoms with E-state index < -0.39 is 50.9 Å². The summed E-state index contributed by atoms with van der Waals surface area (Å²) in [6.07, 6.45) is -7.48. The molecule has 0 aliphatic heterocycles. The average Bonchev–Trinajstić information content (AvgIpc) is 2.41. The number of carbonyl (C=O) groups excluding carboxylic acids is 1. The van der Waals surface area contributed by atoms with E-state index in [4.69, 9.17) is 14.5 Å². The van der Waals surface area contributed by atoms with E-state index >= 15 is 0 Å². The van der Waals surface area contributed by atoms with Crippen LogP contribution in [-0.4, -0.2) is 73.3 Å². The lowest BCUT2D eigenvalue weighted by Gasteiger charge is -2.26. The second-order valence-corrected chi connectivity index (χ2v) is 6.06. The van der Waals surface area contributed by atoms with Gasteiger partial charge in [-0.2, -0.15) is 0 Å². The van der Waals surface area contributed by atoms with Gasteiger partial charge in [-0.1, -0.05) is 13.3 Å². The maximum absolute atomic E-state index is 11.5. The Hall–Kier alpha value is -0.580. The van der Waals surface area contributed by atoms with Crippen LogP contribution in [0.3, 0.4) is 0 Å². The zero-order chi connectivity index (χ0) is 17.5. The van der Waals surface area contributed by atoms with Crippen molar-refractivity contribution in [2.75, 3.05) is 6.61 Å². The van der Waals surface area contributed by atoms with Crippen molar-refractivity contribution >= 4 is 13.8 Å². The Balaban J connectivity index is 4.49. The van der Waals surface area contributed by atoms with E-state index in [1.165, 1.54) is 0 Å². The Morgan fingerprint density at radius 3 is 2.14 bits per heavy atom. The summed E-state index contributed by atoms with van der Waals surface area (Å²) in [5.41, 5.74) is 0. The van der Waals surface area contributed by atoms with Crippen molar-refractivity contribution in [1.29, 1.82) is 0 Å². The summed E-state index contributed by atoms with van der Waals surface area (Å²) < 4.78 is 19.2. The average molecular weight is 346 g/mol. The summed E-state index contributed by atoms with van der Waals surface area (Å²) >= 11 is 0. The molecule has 0 heterocycles. The van der Waals surface area contributed by atoms with Gasteiger partial charge in [0.2, 0.25) is 0 Å². The third-order valence-corrected chi connectivity index (χ3v) is 3.22. The monoisotopic (exact) mass is 346 g/mol. The van der Waals surface area contributed by atoms with Gasteiger partial charge < -0.3 is 34.9 Å².